The minimum atomic E-state index is -3.82. The van der Waals surface area contributed by atoms with Crippen molar-refractivity contribution >= 4 is 49.6 Å². The number of benzene rings is 1. The molecule has 0 atom stereocenters. The van der Waals surface area contributed by atoms with Gasteiger partial charge in [-0.1, -0.05) is 24.3 Å². The zero-order valence-corrected chi connectivity index (χ0v) is 20.6. The fraction of sp³-hybridized carbons (Fsp3) is 0.130. The molecule has 4 rings (SSSR count). The molecule has 166 valence electrons. The third-order valence-corrected chi connectivity index (χ3v) is 7.66. The molecule has 0 spiro atoms. The fourth-order valence-electron chi connectivity index (χ4n) is 3.20. The van der Waals surface area contributed by atoms with Gasteiger partial charge >= 0.3 is 0 Å². The second kappa shape index (κ2) is 8.57. The fourth-order valence-corrected chi connectivity index (χ4v) is 5.92. The smallest absolute Gasteiger partial charge is 0.271 e. The van der Waals surface area contributed by atoms with Crippen molar-refractivity contribution in [2.24, 2.45) is 0 Å². The summed E-state index contributed by atoms with van der Waals surface area (Å²) in [6, 6.07) is 18.7. The number of nitrogens with one attached hydrogen (secondary N) is 1. The lowest BCUT2D eigenvalue weighted by Crippen LogP contribution is -2.42. The zero-order valence-electron chi connectivity index (χ0n) is 17.7. The van der Waals surface area contributed by atoms with Crippen LogP contribution in [0.4, 0.5) is 0 Å². The van der Waals surface area contributed by atoms with Gasteiger partial charge in [0.25, 0.3) is 15.9 Å². The number of amides is 1. The molecule has 1 aromatic carbocycles. The first-order valence-corrected chi connectivity index (χ1v) is 12.3. The van der Waals surface area contributed by atoms with E-state index in [1.165, 1.54) is 10.2 Å². The van der Waals surface area contributed by atoms with Crippen LogP contribution in [0.15, 0.2) is 71.8 Å². The molecular weight excluding hydrogens is 553 g/mol. The average molecular weight is 571 g/mol. The van der Waals surface area contributed by atoms with Crippen LogP contribution in [-0.2, 0) is 10.0 Å². The summed E-state index contributed by atoms with van der Waals surface area (Å²) in [5.74, 6) is -0.466. The highest BCUT2D eigenvalue weighted by molar-refractivity contribution is 14.1. The SMILES string of the molecule is CC(C)(C#N)NC(=O)c1cccc(-c2cnc3c(c2)cc(I)n3S(=O)(=O)c2ccccc2)n1. The third-order valence-electron chi connectivity index (χ3n) is 4.82. The molecule has 0 fully saturated rings. The summed E-state index contributed by atoms with van der Waals surface area (Å²) in [5, 5.41) is 12.4. The zero-order chi connectivity index (χ0) is 23.8. The first-order valence-electron chi connectivity index (χ1n) is 9.81. The van der Waals surface area contributed by atoms with Gasteiger partial charge in [-0.15, -0.1) is 0 Å². The van der Waals surface area contributed by atoms with Crippen LogP contribution < -0.4 is 5.32 Å². The Labute approximate surface area is 204 Å². The van der Waals surface area contributed by atoms with Crippen molar-refractivity contribution in [2.75, 3.05) is 0 Å². The minimum absolute atomic E-state index is 0.162. The Morgan fingerprint density at radius 1 is 1.12 bits per heavy atom. The standard InChI is InChI=1S/C23H18IN5O3S/c1-23(2,14-25)28-22(30)19-10-6-9-18(27-19)16-11-15-12-20(24)29(21(15)26-13-16)33(31,32)17-7-4-3-5-8-17/h3-13H,1-2H3,(H,28,30). The van der Waals surface area contributed by atoms with Crippen LogP contribution >= 0.6 is 22.6 Å². The molecule has 0 saturated heterocycles. The Kier molecular flexibility index (Phi) is 5.94. The summed E-state index contributed by atoms with van der Waals surface area (Å²) < 4.78 is 28.1. The van der Waals surface area contributed by atoms with Crippen LogP contribution in [0.1, 0.15) is 24.3 Å². The highest BCUT2D eigenvalue weighted by atomic mass is 127. The van der Waals surface area contributed by atoms with Crippen LogP contribution in [0, 0.1) is 15.0 Å². The van der Waals surface area contributed by atoms with Crippen LogP contribution in [0.5, 0.6) is 0 Å². The molecule has 0 radical (unpaired) electrons. The minimum Gasteiger partial charge on any atom is -0.333 e. The lowest BCUT2D eigenvalue weighted by atomic mass is 10.1. The summed E-state index contributed by atoms with van der Waals surface area (Å²) in [6.45, 7) is 3.20. The number of pyridine rings is 2. The molecule has 4 aromatic rings. The quantitative estimate of drug-likeness (QED) is 0.363. The number of rotatable bonds is 5. The van der Waals surface area contributed by atoms with Gasteiger partial charge in [-0.2, -0.15) is 5.26 Å². The van der Waals surface area contributed by atoms with E-state index in [1.807, 2.05) is 28.7 Å². The predicted octanol–water partition coefficient (Wildman–Crippen LogP) is 3.97. The average Bonchev–Trinajstić information content (AvgIpc) is 3.15. The molecule has 0 aliphatic heterocycles. The molecule has 8 nitrogen and oxygen atoms in total. The third kappa shape index (κ3) is 4.46. The highest BCUT2D eigenvalue weighted by Gasteiger charge is 2.24. The maximum Gasteiger partial charge on any atom is 0.271 e. The Morgan fingerprint density at radius 3 is 2.55 bits per heavy atom. The summed E-state index contributed by atoms with van der Waals surface area (Å²) in [6.07, 6.45) is 1.53. The van der Waals surface area contributed by atoms with Gasteiger partial charge in [0.15, 0.2) is 5.65 Å². The van der Waals surface area contributed by atoms with Crippen molar-refractivity contribution in [1.82, 2.24) is 19.3 Å². The van der Waals surface area contributed by atoms with Gasteiger partial charge in [0.2, 0.25) is 0 Å². The van der Waals surface area contributed by atoms with E-state index >= 15 is 0 Å². The molecule has 0 aliphatic carbocycles. The van der Waals surface area contributed by atoms with Gasteiger partial charge < -0.3 is 5.32 Å². The molecule has 0 saturated carbocycles. The lowest BCUT2D eigenvalue weighted by Gasteiger charge is -2.17. The van der Waals surface area contributed by atoms with E-state index in [0.29, 0.717) is 26.0 Å². The first-order chi connectivity index (χ1) is 15.6. The Balaban J connectivity index is 1.74. The van der Waals surface area contributed by atoms with Gasteiger partial charge in [0.05, 0.1) is 20.4 Å². The largest absolute Gasteiger partial charge is 0.333 e. The van der Waals surface area contributed by atoms with Gasteiger partial charge in [-0.05, 0) is 72.8 Å². The van der Waals surface area contributed by atoms with Crippen LogP contribution in [0.25, 0.3) is 22.3 Å². The normalized spacial score (nSPS) is 11.8. The van der Waals surface area contributed by atoms with Crippen LogP contribution in [0.3, 0.4) is 0 Å². The van der Waals surface area contributed by atoms with Crippen LogP contribution in [0.2, 0.25) is 0 Å². The molecule has 1 amide bonds. The second-order valence-electron chi connectivity index (χ2n) is 7.79. The number of carbonyl (C=O) groups excluding carboxylic acids is 1. The van der Waals surface area contributed by atoms with E-state index in [4.69, 9.17) is 5.26 Å². The van der Waals surface area contributed by atoms with Gasteiger partial charge in [0, 0.05) is 17.1 Å². The molecular formula is C23H18IN5O3S. The molecule has 0 bridgehead atoms. The monoisotopic (exact) mass is 571 g/mol. The number of nitriles is 1. The Hall–Kier alpha value is -3.30. The highest BCUT2D eigenvalue weighted by Crippen LogP contribution is 2.28. The van der Waals surface area contributed by atoms with Gasteiger partial charge in [0.1, 0.15) is 11.2 Å². The summed E-state index contributed by atoms with van der Waals surface area (Å²) >= 11 is 1.97. The topological polar surface area (TPSA) is 118 Å². The number of carbonyl (C=O) groups is 1. The van der Waals surface area contributed by atoms with E-state index in [1.54, 1.807) is 74.5 Å². The van der Waals surface area contributed by atoms with Crippen molar-refractivity contribution in [3.8, 4) is 17.3 Å². The maximum absolute atomic E-state index is 13.2. The lowest BCUT2D eigenvalue weighted by molar-refractivity contribution is 0.0924. The Morgan fingerprint density at radius 2 is 1.85 bits per heavy atom. The van der Waals surface area contributed by atoms with E-state index in [-0.39, 0.29) is 10.6 Å². The number of nitrogens with zero attached hydrogens (tertiary/aromatic N) is 4. The molecule has 1 N–H and O–H groups in total. The molecule has 0 unspecified atom stereocenters. The second-order valence-corrected chi connectivity index (χ2v) is 10.7. The van der Waals surface area contributed by atoms with E-state index < -0.39 is 21.5 Å². The first kappa shape index (κ1) is 22.9. The predicted molar refractivity (Wildman–Crippen MR) is 132 cm³/mol. The van der Waals surface area contributed by atoms with E-state index in [2.05, 4.69) is 15.3 Å². The van der Waals surface area contributed by atoms with Gasteiger partial charge in [-0.25, -0.2) is 22.4 Å². The number of hydrogen-bond acceptors (Lipinski definition) is 6. The number of aromatic nitrogens is 3. The molecule has 3 heterocycles. The summed E-state index contributed by atoms with van der Waals surface area (Å²) in [7, 11) is -3.82. The maximum atomic E-state index is 13.2. The number of hydrogen-bond donors (Lipinski definition) is 1. The number of halogens is 1. The van der Waals surface area contributed by atoms with Crippen molar-refractivity contribution in [1.29, 1.82) is 5.26 Å². The molecule has 0 aliphatic rings. The van der Waals surface area contributed by atoms with E-state index in [9.17, 15) is 13.2 Å². The summed E-state index contributed by atoms with van der Waals surface area (Å²) in [4.78, 5) is 21.5. The number of fused-ring (bicyclic) bond motifs is 1. The van der Waals surface area contributed by atoms with Crippen LogP contribution in [-0.4, -0.2) is 33.8 Å². The van der Waals surface area contributed by atoms with Crippen molar-refractivity contribution < 1.29 is 13.2 Å². The van der Waals surface area contributed by atoms with Crippen molar-refractivity contribution in [3.05, 3.63) is 76.3 Å². The van der Waals surface area contributed by atoms with Gasteiger partial charge in [-0.3, -0.25) is 4.79 Å². The summed E-state index contributed by atoms with van der Waals surface area (Å²) in [5.41, 5.74) is 0.563. The molecule has 10 heteroatoms. The van der Waals surface area contributed by atoms with Crippen molar-refractivity contribution in [3.63, 3.8) is 0 Å². The van der Waals surface area contributed by atoms with E-state index in [0.717, 1.165) is 0 Å². The molecule has 33 heavy (non-hydrogen) atoms. The van der Waals surface area contributed by atoms with Crippen molar-refractivity contribution in [2.45, 2.75) is 24.3 Å². The molecule has 3 aromatic heterocycles. The Bertz CT molecular complexity index is 1520.